The van der Waals surface area contributed by atoms with Crippen LogP contribution in [0.15, 0.2) is 16.5 Å². The van der Waals surface area contributed by atoms with Gasteiger partial charge in [-0.1, -0.05) is 0 Å². The number of aliphatic carboxylic acids is 1. The molecule has 4 nitrogen and oxygen atoms in total. The van der Waals surface area contributed by atoms with Gasteiger partial charge in [0.25, 0.3) is 0 Å². The average molecular weight is 277 g/mol. The van der Waals surface area contributed by atoms with Crippen LogP contribution in [-0.4, -0.2) is 17.1 Å². The topological polar surface area (TPSA) is 76.5 Å². The summed E-state index contributed by atoms with van der Waals surface area (Å²) in [4.78, 5) is 11.5. The minimum Gasteiger partial charge on any atom is -0.480 e. The fourth-order valence-electron chi connectivity index (χ4n) is 2.45. The molecule has 7 heteroatoms. The standard InChI is InChI=1S/C12H14F3NO3/c13-12(14,15)9-2-1-8(19-9)11(10(17)18)5-3-7(16)4-6-11/h1-2,7H,3-6,16H2,(H,17,18). The Bertz CT molecular complexity index is 473. The molecule has 106 valence electrons. The third-order valence-electron chi connectivity index (χ3n) is 3.65. The van der Waals surface area contributed by atoms with E-state index >= 15 is 0 Å². The Hall–Kier alpha value is -1.50. The summed E-state index contributed by atoms with van der Waals surface area (Å²) in [5.41, 5.74) is 4.32. The van der Waals surface area contributed by atoms with Gasteiger partial charge in [-0.3, -0.25) is 4.79 Å². The summed E-state index contributed by atoms with van der Waals surface area (Å²) in [7, 11) is 0. The number of halogens is 3. The van der Waals surface area contributed by atoms with Crippen molar-refractivity contribution in [3.8, 4) is 0 Å². The van der Waals surface area contributed by atoms with Gasteiger partial charge in [-0.05, 0) is 37.8 Å². The fourth-order valence-corrected chi connectivity index (χ4v) is 2.45. The van der Waals surface area contributed by atoms with Crippen molar-refractivity contribution in [2.45, 2.75) is 43.3 Å². The Morgan fingerprint density at radius 1 is 1.37 bits per heavy atom. The third kappa shape index (κ3) is 2.47. The van der Waals surface area contributed by atoms with E-state index in [9.17, 15) is 23.1 Å². The van der Waals surface area contributed by atoms with E-state index in [0.29, 0.717) is 12.8 Å². The largest absolute Gasteiger partial charge is 0.480 e. The SMILES string of the molecule is NC1CCC(C(=O)O)(c2ccc(C(F)(F)F)o2)CC1. The highest BCUT2D eigenvalue weighted by atomic mass is 19.4. The van der Waals surface area contributed by atoms with Crippen molar-refractivity contribution in [2.75, 3.05) is 0 Å². The van der Waals surface area contributed by atoms with Crippen molar-refractivity contribution in [2.24, 2.45) is 5.73 Å². The van der Waals surface area contributed by atoms with E-state index in [-0.39, 0.29) is 24.6 Å². The van der Waals surface area contributed by atoms with Crippen LogP contribution in [0.5, 0.6) is 0 Å². The molecule has 1 aliphatic rings. The summed E-state index contributed by atoms with van der Waals surface area (Å²) in [6, 6.07) is 1.77. The molecule has 2 rings (SSSR count). The second-order valence-corrected chi connectivity index (χ2v) is 4.89. The van der Waals surface area contributed by atoms with E-state index < -0.39 is 23.3 Å². The summed E-state index contributed by atoms with van der Waals surface area (Å²) in [6.07, 6.45) is -3.33. The zero-order valence-electron chi connectivity index (χ0n) is 10.0. The molecule has 0 spiro atoms. The number of carboxylic acid groups (broad SMARTS) is 1. The molecule has 0 bridgehead atoms. The van der Waals surface area contributed by atoms with Crippen LogP contribution in [-0.2, 0) is 16.4 Å². The minimum absolute atomic E-state index is 0.107. The van der Waals surface area contributed by atoms with Crippen LogP contribution in [0.25, 0.3) is 0 Å². The maximum atomic E-state index is 12.5. The number of hydrogen-bond acceptors (Lipinski definition) is 3. The predicted octanol–water partition coefficient (Wildman–Crippen LogP) is 2.52. The zero-order valence-corrected chi connectivity index (χ0v) is 10.0. The summed E-state index contributed by atoms with van der Waals surface area (Å²) >= 11 is 0. The van der Waals surface area contributed by atoms with Crippen molar-refractivity contribution < 1.29 is 27.5 Å². The Kier molecular flexibility index (Phi) is 3.34. The van der Waals surface area contributed by atoms with Crippen LogP contribution < -0.4 is 5.73 Å². The maximum Gasteiger partial charge on any atom is 0.449 e. The quantitative estimate of drug-likeness (QED) is 0.870. The van der Waals surface area contributed by atoms with Crippen LogP contribution >= 0.6 is 0 Å². The second-order valence-electron chi connectivity index (χ2n) is 4.89. The van der Waals surface area contributed by atoms with Gasteiger partial charge in [0.15, 0.2) is 0 Å². The predicted molar refractivity (Wildman–Crippen MR) is 59.5 cm³/mol. The van der Waals surface area contributed by atoms with Gasteiger partial charge in [-0.15, -0.1) is 0 Å². The van der Waals surface area contributed by atoms with E-state index in [1.165, 1.54) is 0 Å². The van der Waals surface area contributed by atoms with E-state index in [0.717, 1.165) is 12.1 Å². The first-order valence-electron chi connectivity index (χ1n) is 5.92. The Morgan fingerprint density at radius 3 is 2.37 bits per heavy atom. The van der Waals surface area contributed by atoms with Crippen LogP contribution in [0.1, 0.15) is 37.2 Å². The first kappa shape index (κ1) is 13.9. The summed E-state index contributed by atoms with van der Waals surface area (Å²) in [6.45, 7) is 0. The lowest BCUT2D eigenvalue weighted by Gasteiger charge is -2.33. The van der Waals surface area contributed by atoms with Gasteiger partial charge in [0.05, 0.1) is 0 Å². The smallest absolute Gasteiger partial charge is 0.449 e. The molecule has 0 amide bonds. The lowest BCUT2D eigenvalue weighted by Crippen LogP contribution is -2.42. The average Bonchev–Trinajstić information content (AvgIpc) is 2.79. The molecule has 19 heavy (non-hydrogen) atoms. The van der Waals surface area contributed by atoms with E-state index in [1.807, 2.05) is 0 Å². The van der Waals surface area contributed by atoms with Gasteiger partial charge in [-0.25, -0.2) is 0 Å². The normalized spacial score (nSPS) is 28.3. The molecule has 1 heterocycles. The molecular weight excluding hydrogens is 263 g/mol. The minimum atomic E-state index is -4.61. The Labute approximate surface area is 107 Å². The van der Waals surface area contributed by atoms with Crippen molar-refractivity contribution in [3.05, 3.63) is 23.7 Å². The van der Waals surface area contributed by atoms with Crippen molar-refractivity contribution >= 4 is 5.97 Å². The molecule has 0 radical (unpaired) electrons. The molecule has 1 aliphatic carbocycles. The Morgan fingerprint density at radius 2 is 1.95 bits per heavy atom. The zero-order chi connectivity index (χ0) is 14.3. The molecule has 0 atom stereocenters. The van der Waals surface area contributed by atoms with Crippen molar-refractivity contribution in [1.82, 2.24) is 0 Å². The lowest BCUT2D eigenvalue weighted by atomic mass is 9.71. The molecular formula is C12H14F3NO3. The second kappa shape index (κ2) is 4.56. The third-order valence-corrected chi connectivity index (χ3v) is 3.65. The first-order chi connectivity index (χ1) is 8.75. The molecule has 1 aromatic rings. The van der Waals surface area contributed by atoms with Crippen LogP contribution in [0.4, 0.5) is 13.2 Å². The van der Waals surface area contributed by atoms with Gasteiger partial charge in [0.2, 0.25) is 5.76 Å². The van der Waals surface area contributed by atoms with Gasteiger partial charge >= 0.3 is 12.1 Å². The summed E-state index contributed by atoms with van der Waals surface area (Å²) < 4.78 is 42.2. The number of hydrogen-bond donors (Lipinski definition) is 2. The number of furan rings is 1. The van der Waals surface area contributed by atoms with Gasteiger partial charge < -0.3 is 15.3 Å². The molecule has 1 saturated carbocycles. The fraction of sp³-hybridized carbons (Fsp3) is 0.583. The van der Waals surface area contributed by atoms with E-state index in [2.05, 4.69) is 0 Å². The maximum absolute atomic E-state index is 12.5. The molecule has 1 aromatic heterocycles. The first-order valence-corrected chi connectivity index (χ1v) is 5.92. The Balaban J connectivity index is 2.35. The number of carbonyl (C=O) groups is 1. The number of rotatable bonds is 2. The van der Waals surface area contributed by atoms with Crippen LogP contribution in [0.2, 0.25) is 0 Å². The van der Waals surface area contributed by atoms with Crippen molar-refractivity contribution in [1.29, 1.82) is 0 Å². The molecule has 0 saturated heterocycles. The van der Waals surface area contributed by atoms with E-state index in [4.69, 9.17) is 10.2 Å². The van der Waals surface area contributed by atoms with Gasteiger partial charge in [-0.2, -0.15) is 13.2 Å². The summed E-state index contributed by atoms with van der Waals surface area (Å²) in [5, 5.41) is 9.36. The number of nitrogens with two attached hydrogens (primary N) is 1. The molecule has 3 N–H and O–H groups in total. The van der Waals surface area contributed by atoms with Crippen molar-refractivity contribution in [3.63, 3.8) is 0 Å². The monoisotopic (exact) mass is 277 g/mol. The molecule has 1 fully saturated rings. The number of carboxylic acids is 1. The molecule has 0 aliphatic heterocycles. The van der Waals surface area contributed by atoms with Crippen LogP contribution in [0.3, 0.4) is 0 Å². The highest BCUT2D eigenvalue weighted by molar-refractivity contribution is 5.80. The van der Waals surface area contributed by atoms with Crippen LogP contribution in [0, 0.1) is 0 Å². The highest BCUT2D eigenvalue weighted by Gasteiger charge is 2.47. The van der Waals surface area contributed by atoms with E-state index in [1.54, 1.807) is 0 Å². The number of alkyl halides is 3. The van der Waals surface area contributed by atoms with Gasteiger partial charge in [0.1, 0.15) is 11.2 Å². The van der Waals surface area contributed by atoms with Gasteiger partial charge in [0, 0.05) is 6.04 Å². The lowest BCUT2D eigenvalue weighted by molar-refractivity contribution is -0.156. The molecule has 0 unspecified atom stereocenters. The highest BCUT2D eigenvalue weighted by Crippen LogP contribution is 2.42. The molecule has 0 aromatic carbocycles. The summed E-state index contributed by atoms with van der Waals surface area (Å²) in [5.74, 6) is -2.47.